The van der Waals surface area contributed by atoms with Gasteiger partial charge in [0.1, 0.15) is 5.75 Å². The Hall–Kier alpha value is -1.29. The van der Waals surface area contributed by atoms with E-state index in [1.165, 1.54) is 11.1 Å². The van der Waals surface area contributed by atoms with Crippen LogP contribution in [-0.4, -0.2) is 19.4 Å². The lowest BCUT2D eigenvalue weighted by atomic mass is 9.98. The summed E-state index contributed by atoms with van der Waals surface area (Å²) in [7, 11) is -1.85. The van der Waals surface area contributed by atoms with Crippen LogP contribution in [0.4, 0.5) is 0 Å². The van der Waals surface area contributed by atoms with E-state index in [9.17, 15) is 4.79 Å². The molecule has 1 N–H and O–H groups in total. The van der Waals surface area contributed by atoms with Crippen molar-refractivity contribution in [2.45, 2.75) is 64.1 Å². The number of aliphatic carboxylic acids is 1. The van der Waals surface area contributed by atoms with Crippen molar-refractivity contribution in [2.24, 2.45) is 0 Å². The van der Waals surface area contributed by atoms with E-state index in [1.807, 2.05) is 6.07 Å². The largest absolute Gasteiger partial charge is 0.543 e. The first-order valence-electron chi connectivity index (χ1n) is 7.64. The quantitative estimate of drug-likeness (QED) is 0.829. The lowest BCUT2D eigenvalue weighted by Crippen LogP contribution is -2.43. The zero-order valence-electron chi connectivity index (χ0n) is 13.7. The Morgan fingerprint density at radius 1 is 1.38 bits per heavy atom. The highest BCUT2D eigenvalue weighted by atomic mass is 28.4. The molecule has 0 saturated carbocycles. The fraction of sp³-hybridized carbons (Fsp3) is 0.588. The van der Waals surface area contributed by atoms with Crippen LogP contribution in [0.3, 0.4) is 0 Å². The van der Waals surface area contributed by atoms with E-state index in [1.54, 1.807) is 0 Å². The van der Waals surface area contributed by atoms with Crippen molar-refractivity contribution in [1.82, 2.24) is 0 Å². The summed E-state index contributed by atoms with van der Waals surface area (Å²) in [5, 5.41) is 9.20. The van der Waals surface area contributed by atoms with Gasteiger partial charge in [0.25, 0.3) is 0 Å². The molecule has 1 aromatic rings. The van der Waals surface area contributed by atoms with Gasteiger partial charge in [-0.2, -0.15) is 0 Å². The fourth-order valence-corrected chi connectivity index (χ4v) is 3.62. The second kappa shape index (κ2) is 5.48. The molecule has 0 spiro atoms. The molecule has 0 amide bonds. The number of hydrogen-bond donors (Lipinski definition) is 1. The first kappa shape index (κ1) is 16.1. The molecule has 116 valence electrons. The number of carbonyl (C=O) groups is 1. The number of hydrogen-bond acceptors (Lipinski definition) is 2. The minimum absolute atomic E-state index is 0.139. The Morgan fingerprint density at radius 3 is 2.62 bits per heavy atom. The van der Waals surface area contributed by atoms with Crippen molar-refractivity contribution in [2.75, 3.05) is 0 Å². The zero-order chi connectivity index (χ0) is 15.8. The predicted octanol–water partition coefficient (Wildman–Crippen LogP) is 4.58. The molecule has 1 aliphatic carbocycles. The standard InChI is InChI=1S/C17H26O3Si/c1-17(2,3)21(4,5)20-14-9-8-12-6-7-13(10-16(18)19)15(12)11-14/h8-9,11,13H,6-7,10H2,1-5H3,(H,18,19). The van der Waals surface area contributed by atoms with Crippen LogP contribution in [0, 0.1) is 0 Å². The summed E-state index contributed by atoms with van der Waals surface area (Å²) in [6.45, 7) is 11.1. The van der Waals surface area contributed by atoms with E-state index in [4.69, 9.17) is 9.53 Å². The van der Waals surface area contributed by atoms with Gasteiger partial charge in [0, 0.05) is 0 Å². The summed E-state index contributed by atoms with van der Waals surface area (Å²) in [6, 6.07) is 6.23. The highest BCUT2D eigenvalue weighted by Crippen LogP contribution is 2.41. The molecule has 0 heterocycles. The normalized spacial score (nSPS) is 18.4. The summed E-state index contributed by atoms with van der Waals surface area (Å²) in [6.07, 6.45) is 2.13. The van der Waals surface area contributed by atoms with Gasteiger partial charge in [-0.1, -0.05) is 26.8 Å². The lowest BCUT2D eigenvalue weighted by Gasteiger charge is -2.36. The van der Waals surface area contributed by atoms with Gasteiger partial charge < -0.3 is 9.53 Å². The number of fused-ring (bicyclic) bond motifs is 1. The van der Waals surface area contributed by atoms with Crippen LogP contribution >= 0.6 is 0 Å². The van der Waals surface area contributed by atoms with Gasteiger partial charge in [-0.25, -0.2) is 0 Å². The molecule has 2 rings (SSSR count). The van der Waals surface area contributed by atoms with E-state index >= 15 is 0 Å². The van der Waals surface area contributed by atoms with E-state index in [0.29, 0.717) is 0 Å². The molecule has 0 radical (unpaired) electrons. The maximum atomic E-state index is 11.0. The Kier molecular flexibility index (Phi) is 4.20. The first-order valence-corrected chi connectivity index (χ1v) is 10.5. The van der Waals surface area contributed by atoms with Gasteiger partial charge in [-0.05, 0) is 60.2 Å². The second-order valence-electron chi connectivity index (χ2n) is 7.56. The molecule has 1 unspecified atom stereocenters. The maximum absolute atomic E-state index is 11.0. The van der Waals surface area contributed by atoms with Crippen LogP contribution in [0.15, 0.2) is 18.2 Å². The summed E-state index contributed by atoms with van der Waals surface area (Å²) < 4.78 is 6.34. The highest BCUT2D eigenvalue weighted by molar-refractivity contribution is 6.74. The topological polar surface area (TPSA) is 46.5 Å². The molecule has 0 bridgehead atoms. The van der Waals surface area contributed by atoms with E-state index < -0.39 is 14.3 Å². The number of carboxylic acids is 1. The highest BCUT2D eigenvalue weighted by Gasteiger charge is 2.39. The number of carboxylic acid groups (broad SMARTS) is 1. The number of benzene rings is 1. The van der Waals surface area contributed by atoms with Crippen molar-refractivity contribution in [3.63, 3.8) is 0 Å². The molecular formula is C17H26O3Si. The number of rotatable bonds is 4. The fourth-order valence-electron chi connectivity index (χ4n) is 2.60. The average Bonchev–Trinajstić information content (AvgIpc) is 2.69. The van der Waals surface area contributed by atoms with Crippen LogP contribution in [0.2, 0.25) is 18.1 Å². The molecule has 4 heteroatoms. The molecule has 1 aliphatic rings. The van der Waals surface area contributed by atoms with Crippen LogP contribution in [0.5, 0.6) is 5.75 Å². The van der Waals surface area contributed by atoms with Crippen LogP contribution in [0.1, 0.15) is 50.7 Å². The molecule has 0 fully saturated rings. The van der Waals surface area contributed by atoms with Gasteiger partial charge >= 0.3 is 5.97 Å². The Morgan fingerprint density at radius 2 is 2.05 bits per heavy atom. The number of aryl methyl sites for hydroxylation is 1. The average molecular weight is 306 g/mol. The van der Waals surface area contributed by atoms with Crippen LogP contribution in [-0.2, 0) is 11.2 Å². The Labute approximate surface area is 128 Å². The minimum atomic E-state index is -1.85. The predicted molar refractivity (Wildman–Crippen MR) is 87.6 cm³/mol. The molecule has 3 nitrogen and oxygen atoms in total. The van der Waals surface area contributed by atoms with Gasteiger partial charge in [0.05, 0.1) is 6.42 Å². The lowest BCUT2D eigenvalue weighted by molar-refractivity contribution is -0.137. The molecule has 0 saturated heterocycles. The molecule has 1 aromatic carbocycles. The van der Waals surface area contributed by atoms with Crippen molar-refractivity contribution in [3.8, 4) is 5.75 Å². The summed E-state index contributed by atoms with van der Waals surface area (Å²) >= 11 is 0. The third-order valence-electron chi connectivity index (χ3n) is 4.92. The smallest absolute Gasteiger partial charge is 0.303 e. The van der Waals surface area contributed by atoms with E-state index in [2.05, 4.69) is 46.0 Å². The molecule has 1 atom stereocenters. The van der Waals surface area contributed by atoms with Gasteiger partial charge in [-0.15, -0.1) is 0 Å². The van der Waals surface area contributed by atoms with Crippen molar-refractivity contribution >= 4 is 14.3 Å². The molecule has 0 aromatic heterocycles. The third kappa shape index (κ3) is 3.49. The molecule has 0 aliphatic heterocycles. The van der Waals surface area contributed by atoms with Crippen LogP contribution in [0.25, 0.3) is 0 Å². The zero-order valence-corrected chi connectivity index (χ0v) is 14.7. The van der Waals surface area contributed by atoms with E-state index in [0.717, 1.165) is 18.6 Å². The van der Waals surface area contributed by atoms with E-state index in [-0.39, 0.29) is 17.4 Å². The van der Waals surface area contributed by atoms with Crippen molar-refractivity contribution < 1.29 is 14.3 Å². The summed E-state index contributed by atoms with van der Waals surface area (Å²) in [4.78, 5) is 11.0. The summed E-state index contributed by atoms with van der Waals surface area (Å²) in [5.41, 5.74) is 2.46. The van der Waals surface area contributed by atoms with Gasteiger partial charge in [-0.3, -0.25) is 4.79 Å². The molecular weight excluding hydrogens is 280 g/mol. The van der Waals surface area contributed by atoms with Crippen molar-refractivity contribution in [3.05, 3.63) is 29.3 Å². The van der Waals surface area contributed by atoms with Gasteiger partial charge in [0.15, 0.2) is 0 Å². The minimum Gasteiger partial charge on any atom is -0.543 e. The van der Waals surface area contributed by atoms with Gasteiger partial charge in [0.2, 0.25) is 8.32 Å². The Balaban J connectivity index is 2.23. The first-order chi connectivity index (χ1) is 9.60. The molecule has 21 heavy (non-hydrogen) atoms. The monoisotopic (exact) mass is 306 g/mol. The third-order valence-corrected chi connectivity index (χ3v) is 9.28. The van der Waals surface area contributed by atoms with Crippen LogP contribution < -0.4 is 4.43 Å². The SMILES string of the molecule is CC(C)(C)[Si](C)(C)Oc1ccc2c(c1)C(CC(=O)O)CC2. The van der Waals surface area contributed by atoms with Crippen molar-refractivity contribution in [1.29, 1.82) is 0 Å². The summed E-state index contributed by atoms with van der Waals surface area (Å²) in [5.74, 6) is 0.321. The Bertz CT molecular complexity index is 543. The maximum Gasteiger partial charge on any atom is 0.303 e. The second-order valence-corrected chi connectivity index (χ2v) is 12.3.